The van der Waals surface area contributed by atoms with Gasteiger partial charge in [0.25, 0.3) is 0 Å². The first-order valence-electron chi connectivity index (χ1n) is 7.47. The Labute approximate surface area is 111 Å². The lowest BCUT2D eigenvalue weighted by molar-refractivity contribution is -0.103. The monoisotopic (exact) mass is 256 g/mol. The van der Waals surface area contributed by atoms with Gasteiger partial charge in [-0.05, 0) is 25.2 Å². The second-order valence-corrected chi connectivity index (χ2v) is 5.86. The van der Waals surface area contributed by atoms with E-state index >= 15 is 0 Å². The van der Waals surface area contributed by atoms with E-state index in [1.54, 1.807) is 0 Å². The molecule has 18 heavy (non-hydrogen) atoms. The third kappa shape index (κ3) is 3.44. The van der Waals surface area contributed by atoms with Crippen molar-refractivity contribution in [1.29, 1.82) is 0 Å². The number of nitrogens with one attached hydrogen (secondary N) is 1. The third-order valence-corrected chi connectivity index (χ3v) is 4.50. The van der Waals surface area contributed by atoms with Crippen LogP contribution in [-0.4, -0.2) is 31.5 Å². The number of rotatable bonds is 6. The van der Waals surface area contributed by atoms with E-state index in [-0.39, 0.29) is 5.60 Å². The van der Waals surface area contributed by atoms with Crippen LogP contribution in [0, 0.1) is 5.92 Å². The van der Waals surface area contributed by atoms with Crippen molar-refractivity contribution in [1.82, 2.24) is 5.43 Å². The van der Waals surface area contributed by atoms with Crippen LogP contribution in [-0.2, 0) is 9.47 Å². The van der Waals surface area contributed by atoms with Crippen LogP contribution in [0.25, 0.3) is 0 Å². The largest absolute Gasteiger partial charge is 0.378 e. The molecule has 4 nitrogen and oxygen atoms in total. The molecule has 1 spiro atoms. The Bertz CT molecular complexity index is 242. The van der Waals surface area contributed by atoms with Crippen molar-refractivity contribution in [3.8, 4) is 0 Å². The molecule has 2 heterocycles. The van der Waals surface area contributed by atoms with Crippen molar-refractivity contribution >= 4 is 0 Å². The van der Waals surface area contributed by atoms with Crippen LogP contribution < -0.4 is 11.3 Å². The lowest BCUT2D eigenvalue weighted by atomic mass is 9.80. The van der Waals surface area contributed by atoms with Crippen molar-refractivity contribution in [2.24, 2.45) is 11.8 Å². The van der Waals surface area contributed by atoms with Gasteiger partial charge in [-0.3, -0.25) is 11.3 Å². The first-order chi connectivity index (χ1) is 8.79. The van der Waals surface area contributed by atoms with Crippen LogP contribution in [0.1, 0.15) is 51.9 Å². The van der Waals surface area contributed by atoms with Crippen LogP contribution in [0.5, 0.6) is 0 Å². The summed E-state index contributed by atoms with van der Waals surface area (Å²) < 4.78 is 11.5. The average molecular weight is 256 g/mol. The molecule has 2 saturated heterocycles. The van der Waals surface area contributed by atoms with E-state index in [1.807, 2.05) is 0 Å². The minimum absolute atomic E-state index is 0.00275. The van der Waals surface area contributed by atoms with Gasteiger partial charge in [-0.2, -0.15) is 0 Å². The van der Waals surface area contributed by atoms with Crippen LogP contribution in [0.2, 0.25) is 0 Å². The van der Waals surface area contributed by atoms with Gasteiger partial charge < -0.3 is 9.47 Å². The Morgan fingerprint density at radius 1 is 1.39 bits per heavy atom. The summed E-state index contributed by atoms with van der Waals surface area (Å²) in [4.78, 5) is 0. The SMILES string of the molecule is CCCCCC(NN)C1CCOC2(CCOC2)C1. The highest BCUT2D eigenvalue weighted by atomic mass is 16.6. The zero-order chi connectivity index (χ0) is 12.8. The van der Waals surface area contributed by atoms with Gasteiger partial charge in [0.2, 0.25) is 0 Å². The Morgan fingerprint density at radius 2 is 2.28 bits per heavy atom. The molecule has 0 bridgehead atoms. The molecular formula is C14H28N2O2. The molecule has 0 amide bonds. The third-order valence-electron chi connectivity index (χ3n) is 4.50. The minimum Gasteiger partial charge on any atom is -0.378 e. The van der Waals surface area contributed by atoms with Gasteiger partial charge in [0.1, 0.15) is 0 Å². The van der Waals surface area contributed by atoms with Gasteiger partial charge in [0.05, 0.1) is 12.2 Å². The van der Waals surface area contributed by atoms with E-state index in [0.29, 0.717) is 12.0 Å². The number of hydrogen-bond acceptors (Lipinski definition) is 4. The van der Waals surface area contributed by atoms with Crippen LogP contribution in [0.4, 0.5) is 0 Å². The molecule has 3 unspecified atom stereocenters. The predicted octanol–water partition coefficient (Wildman–Crippen LogP) is 1.98. The fraction of sp³-hybridized carbons (Fsp3) is 1.00. The quantitative estimate of drug-likeness (QED) is 0.433. The van der Waals surface area contributed by atoms with Crippen molar-refractivity contribution in [3.05, 3.63) is 0 Å². The van der Waals surface area contributed by atoms with E-state index in [9.17, 15) is 0 Å². The maximum atomic E-state index is 5.98. The van der Waals surface area contributed by atoms with Gasteiger partial charge in [0, 0.05) is 25.7 Å². The Balaban J connectivity index is 1.85. The van der Waals surface area contributed by atoms with E-state index < -0.39 is 0 Å². The normalized spacial score (nSPS) is 34.0. The predicted molar refractivity (Wildman–Crippen MR) is 72.1 cm³/mol. The van der Waals surface area contributed by atoms with Gasteiger partial charge in [-0.1, -0.05) is 26.2 Å². The van der Waals surface area contributed by atoms with Gasteiger partial charge in [0.15, 0.2) is 0 Å². The zero-order valence-corrected chi connectivity index (χ0v) is 11.6. The number of hydrogen-bond donors (Lipinski definition) is 2. The maximum Gasteiger partial charge on any atom is 0.0939 e. The highest BCUT2D eigenvalue weighted by molar-refractivity contribution is 4.93. The number of nitrogens with two attached hydrogens (primary N) is 1. The molecule has 3 atom stereocenters. The number of ether oxygens (including phenoxy) is 2. The molecule has 0 aliphatic carbocycles. The van der Waals surface area contributed by atoms with Gasteiger partial charge >= 0.3 is 0 Å². The molecule has 0 aromatic rings. The number of hydrazine groups is 1. The van der Waals surface area contributed by atoms with Crippen molar-refractivity contribution in [2.75, 3.05) is 19.8 Å². The summed E-state index contributed by atoms with van der Waals surface area (Å²) in [5.41, 5.74) is 3.04. The highest BCUT2D eigenvalue weighted by Gasteiger charge is 2.42. The molecule has 2 fully saturated rings. The van der Waals surface area contributed by atoms with Crippen molar-refractivity contribution in [2.45, 2.75) is 63.5 Å². The molecule has 0 aromatic heterocycles. The minimum atomic E-state index is 0.00275. The van der Waals surface area contributed by atoms with Crippen LogP contribution in [0.3, 0.4) is 0 Å². The summed E-state index contributed by atoms with van der Waals surface area (Å²) in [6, 6.07) is 0.443. The maximum absolute atomic E-state index is 5.98. The molecule has 0 radical (unpaired) electrons. The highest BCUT2D eigenvalue weighted by Crippen LogP contribution is 2.37. The first-order valence-corrected chi connectivity index (χ1v) is 7.47. The molecule has 0 aromatic carbocycles. The Kier molecular flexibility index (Phi) is 5.42. The van der Waals surface area contributed by atoms with E-state index in [4.69, 9.17) is 15.3 Å². The lowest BCUT2D eigenvalue weighted by Gasteiger charge is -2.40. The topological polar surface area (TPSA) is 56.5 Å². The first kappa shape index (κ1) is 14.3. The fourth-order valence-electron chi connectivity index (χ4n) is 3.34. The summed E-state index contributed by atoms with van der Waals surface area (Å²) >= 11 is 0. The lowest BCUT2D eigenvalue weighted by Crippen LogP contribution is -2.49. The van der Waals surface area contributed by atoms with Crippen LogP contribution in [0.15, 0.2) is 0 Å². The molecule has 3 N–H and O–H groups in total. The van der Waals surface area contributed by atoms with Crippen LogP contribution >= 0.6 is 0 Å². The molecular weight excluding hydrogens is 228 g/mol. The van der Waals surface area contributed by atoms with Gasteiger partial charge in [-0.15, -0.1) is 0 Å². The summed E-state index contributed by atoms with van der Waals surface area (Å²) in [7, 11) is 0. The second kappa shape index (κ2) is 6.85. The molecule has 106 valence electrons. The molecule has 4 heteroatoms. The van der Waals surface area contributed by atoms with E-state index in [2.05, 4.69) is 12.3 Å². The van der Waals surface area contributed by atoms with Crippen molar-refractivity contribution < 1.29 is 9.47 Å². The second-order valence-electron chi connectivity index (χ2n) is 5.86. The molecule has 2 aliphatic heterocycles. The molecule has 2 rings (SSSR count). The van der Waals surface area contributed by atoms with Crippen molar-refractivity contribution in [3.63, 3.8) is 0 Å². The smallest absolute Gasteiger partial charge is 0.0939 e. The van der Waals surface area contributed by atoms with Gasteiger partial charge in [-0.25, -0.2) is 0 Å². The summed E-state index contributed by atoms with van der Waals surface area (Å²) in [6.07, 6.45) is 8.31. The fourth-order valence-corrected chi connectivity index (χ4v) is 3.34. The zero-order valence-electron chi connectivity index (χ0n) is 11.6. The summed E-state index contributed by atoms with van der Waals surface area (Å²) in [6.45, 7) is 4.73. The Morgan fingerprint density at radius 3 is 2.94 bits per heavy atom. The number of unbranched alkanes of at least 4 members (excludes halogenated alkanes) is 2. The molecule has 2 aliphatic rings. The molecule has 0 saturated carbocycles. The summed E-state index contributed by atoms with van der Waals surface area (Å²) in [5, 5.41) is 0. The Hall–Kier alpha value is -0.160. The average Bonchev–Trinajstić information content (AvgIpc) is 2.83. The van der Waals surface area contributed by atoms with E-state index in [0.717, 1.165) is 39.1 Å². The standard InChI is InChI=1S/C14H28N2O2/c1-2-3-4-5-13(16-15)12-6-8-18-14(10-12)7-9-17-11-14/h12-13,16H,2-11,15H2,1H3. The summed E-state index contributed by atoms with van der Waals surface area (Å²) in [5.74, 6) is 6.39. The van der Waals surface area contributed by atoms with E-state index in [1.165, 1.54) is 25.7 Å².